The number of thiophene rings is 1. The first-order chi connectivity index (χ1) is 11.5. The van der Waals surface area contributed by atoms with Crippen molar-refractivity contribution in [2.75, 3.05) is 7.11 Å². The number of halogens is 1. The first-order valence-corrected chi connectivity index (χ1v) is 8.31. The smallest absolute Gasteiger partial charge is 0.315 e. The lowest BCUT2D eigenvalue weighted by atomic mass is 10.1. The Morgan fingerprint density at radius 2 is 1.96 bits per heavy atom. The summed E-state index contributed by atoms with van der Waals surface area (Å²) in [6, 6.07) is 8.45. The Morgan fingerprint density at radius 1 is 1.21 bits per heavy atom. The maximum Gasteiger partial charge on any atom is 0.315 e. The van der Waals surface area contributed by atoms with Gasteiger partial charge in [0.15, 0.2) is 0 Å². The van der Waals surface area contributed by atoms with Crippen molar-refractivity contribution in [2.45, 2.75) is 25.4 Å². The van der Waals surface area contributed by atoms with Gasteiger partial charge in [0.2, 0.25) is 0 Å². The van der Waals surface area contributed by atoms with Crippen LogP contribution in [0.1, 0.15) is 35.9 Å². The predicted molar refractivity (Wildman–Crippen MR) is 90.2 cm³/mol. The number of nitrogens with one attached hydrogen (secondary N) is 2. The third-order valence-electron chi connectivity index (χ3n) is 3.51. The van der Waals surface area contributed by atoms with Gasteiger partial charge >= 0.3 is 12.0 Å². The summed E-state index contributed by atoms with van der Waals surface area (Å²) < 4.78 is 18.4. The Morgan fingerprint density at radius 3 is 2.58 bits per heavy atom. The number of esters is 1. The molecular weight excluding hydrogens is 331 g/mol. The van der Waals surface area contributed by atoms with Crippen LogP contribution >= 0.6 is 11.3 Å². The molecule has 2 atom stereocenters. The maximum atomic E-state index is 13.8. The van der Waals surface area contributed by atoms with E-state index in [9.17, 15) is 14.0 Å². The first kappa shape index (κ1) is 17.9. The quantitative estimate of drug-likeness (QED) is 0.783. The van der Waals surface area contributed by atoms with Crippen molar-refractivity contribution in [1.29, 1.82) is 0 Å². The number of carbonyl (C=O) groups excluding carboxylic acids is 2. The van der Waals surface area contributed by atoms with Gasteiger partial charge in [-0.25, -0.2) is 9.18 Å². The van der Waals surface area contributed by atoms with Gasteiger partial charge in [0.05, 0.1) is 25.6 Å². The molecule has 7 heteroatoms. The van der Waals surface area contributed by atoms with Gasteiger partial charge in [0.25, 0.3) is 0 Å². The zero-order valence-electron chi connectivity index (χ0n) is 13.4. The fourth-order valence-corrected chi connectivity index (χ4v) is 3.04. The van der Waals surface area contributed by atoms with Crippen LogP contribution in [-0.2, 0) is 9.53 Å². The Kier molecular flexibility index (Phi) is 6.31. The second-order valence-electron chi connectivity index (χ2n) is 5.21. The molecule has 0 aliphatic carbocycles. The summed E-state index contributed by atoms with van der Waals surface area (Å²) in [7, 11) is 1.30. The number of urea groups is 1. The van der Waals surface area contributed by atoms with E-state index in [1.807, 2.05) is 17.5 Å². The van der Waals surface area contributed by atoms with Gasteiger partial charge in [0, 0.05) is 10.4 Å². The molecule has 5 nitrogen and oxygen atoms in total. The average molecular weight is 350 g/mol. The summed E-state index contributed by atoms with van der Waals surface area (Å²) >= 11 is 1.43. The van der Waals surface area contributed by atoms with E-state index in [-0.39, 0.29) is 12.2 Å². The molecular formula is C17H19FN2O3S. The van der Waals surface area contributed by atoms with Crippen LogP contribution in [0.3, 0.4) is 0 Å². The van der Waals surface area contributed by atoms with E-state index >= 15 is 0 Å². The summed E-state index contributed by atoms with van der Waals surface area (Å²) in [5.41, 5.74) is 0.397. The van der Waals surface area contributed by atoms with E-state index in [1.54, 1.807) is 25.1 Å². The number of methoxy groups -OCH3 is 1. The molecule has 1 aromatic heterocycles. The summed E-state index contributed by atoms with van der Waals surface area (Å²) in [4.78, 5) is 24.6. The summed E-state index contributed by atoms with van der Waals surface area (Å²) in [6.45, 7) is 1.69. The number of hydrogen-bond donors (Lipinski definition) is 2. The molecule has 1 aromatic carbocycles. The second-order valence-corrected chi connectivity index (χ2v) is 6.19. The highest BCUT2D eigenvalue weighted by atomic mass is 32.1. The number of benzene rings is 1. The molecule has 0 aliphatic rings. The van der Waals surface area contributed by atoms with Crippen molar-refractivity contribution >= 4 is 23.3 Å². The lowest BCUT2D eigenvalue weighted by Crippen LogP contribution is -2.40. The zero-order valence-corrected chi connectivity index (χ0v) is 14.2. The molecule has 0 radical (unpaired) electrons. The third-order valence-corrected chi connectivity index (χ3v) is 4.50. The van der Waals surface area contributed by atoms with Crippen molar-refractivity contribution in [3.63, 3.8) is 0 Å². The van der Waals surface area contributed by atoms with E-state index in [0.717, 1.165) is 4.88 Å². The van der Waals surface area contributed by atoms with E-state index in [0.29, 0.717) is 5.56 Å². The van der Waals surface area contributed by atoms with Crippen LogP contribution in [-0.4, -0.2) is 19.1 Å². The van der Waals surface area contributed by atoms with Gasteiger partial charge in [-0.05, 0) is 24.4 Å². The Labute approximate surface area is 143 Å². The molecule has 0 spiro atoms. The van der Waals surface area contributed by atoms with Crippen molar-refractivity contribution in [1.82, 2.24) is 10.6 Å². The van der Waals surface area contributed by atoms with Gasteiger partial charge in [-0.1, -0.05) is 24.3 Å². The van der Waals surface area contributed by atoms with Gasteiger partial charge in [-0.3, -0.25) is 4.79 Å². The molecule has 0 bridgehead atoms. The van der Waals surface area contributed by atoms with Gasteiger partial charge < -0.3 is 15.4 Å². The van der Waals surface area contributed by atoms with E-state index in [4.69, 9.17) is 0 Å². The highest BCUT2D eigenvalue weighted by Gasteiger charge is 2.21. The number of hydrogen-bond acceptors (Lipinski definition) is 4. The minimum absolute atomic E-state index is 0.0263. The lowest BCUT2D eigenvalue weighted by Gasteiger charge is -2.20. The molecule has 0 saturated heterocycles. The normalized spacial score (nSPS) is 13.0. The maximum absolute atomic E-state index is 13.8. The van der Waals surface area contributed by atoms with Gasteiger partial charge in [0.1, 0.15) is 5.82 Å². The minimum Gasteiger partial charge on any atom is -0.469 e. The summed E-state index contributed by atoms with van der Waals surface area (Å²) in [6.07, 6.45) is 0.0263. The number of carbonyl (C=O) groups is 2. The first-order valence-electron chi connectivity index (χ1n) is 7.43. The minimum atomic E-state index is -0.506. The van der Waals surface area contributed by atoms with E-state index in [2.05, 4.69) is 15.4 Å². The van der Waals surface area contributed by atoms with Crippen molar-refractivity contribution in [2.24, 2.45) is 0 Å². The van der Waals surface area contributed by atoms with Crippen LogP contribution in [0.5, 0.6) is 0 Å². The average Bonchev–Trinajstić information content (AvgIpc) is 3.08. The zero-order chi connectivity index (χ0) is 17.5. The summed E-state index contributed by atoms with van der Waals surface area (Å²) in [5.74, 6) is -0.800. The Bertz CT molecular complexity index is 691. The number of rotatable bonds is 6. The number of ether oxygens (including phenoxy) is 1. The lowest BCUT2D eigenvalue weighted by molar-refractivity contribution is -0.141. The Balaban J connectivity index is 2.02. The molecule has 2 N–H and O–H groups in total. The molecule has 128 valence electrons. The molecule has 0 aliphatic heterocycles. The van der Waals surface area contributed by atoms with Crippen LogP contribution in [0.2, 0.25) is 0 Å². The molecule has 2 amide bonds. The number of amides is 2. The molecule has 2 aromatic rings. The molecule has 0 saturated carbocycles. The van der Waals surface area contributed by atoms with Crippen LogP contribution in [0.15, 0.2) is 41.8 Å². The van der Waals surface area contributed by atoms with Crippen LogP contribution in [0.4, 0.5) is 9.18 Å². The molecule has 24 heavy (non-hydrogen) atoms. The fourth-order valence-electron chi connectivity index (χ4n) is 2.26. The molecule has 0 unspecified atom stereocenters. The highest BCUT2D eigenvalue weighted by Crippen LogP contribution is 2.23. The van der Waals surface area contributed by atoms with Gasteiger partial charge in [-0.2, -0.15) is 0 Å². The summed E-state index contributed by atoms with van der Waals surface area (Å²) in [5, 5.41) is 7.29. The SMILES string of the molecule is COC(=O)C[C@H](NC(=O)N[C@H](C)c1ccccc1F)c1cccs1. The van der Waals surface area contributed by atoms with Crippen LogP contribution in [0.25, 0.3) is 0 Å². The largest absolute Gasteiger partial charge is 0.469 e. The van der Waals surface area contributed by atoms with Crippen LogP contribution < -0.4 is 10.6 Å². The fraction of sp³-hybridized carbons (Fsp3) is 0.294. The van der Waals surface area contributed by atoms with Gasteiger partial charge in [-0.15, -0.1) is 11.3 Å². The van der Waals surface area contributed by atoms with Crippen molar-refractivity contribution in [3.05, 3.63) is 58.0 Å². The monoisotopic (exact) mass is 350 g/mol. The topological polar surface area (TPSA) is 67.4 Å². The molecule has 1 heterocycles. The van der Waals surface area contributed by atoms with E-state index in [1.165, 1.54) is 24.5 Å². The second kappa shape index (κ2) is 8.44. The van der Waals surface area contributed by atoms with Crippen molar-refractivity contribution in [3.8, 4) is 0 Å². The predicted octanol–water partition coefficient (Wildman–Crippen LogP) is 3.55. The molecule has 0 fully saturated rings. The highest BCUT2D eigenvalue weighted by molar-refractivity contribution is 7.10. The third kappa shape index (κ3) is 4.79. The Hall–Kier alpha value is -2.41. The standard InChI is InChI=1S/C17H19FN2O3S/c1-11(12-6-3-4-7-13(12)18)19-17(22)20-14(10-16(21)23-2)15-8-5-9-24-15/h3-9,11,14H,10H2,1-2H3,(H2,19,20,22)/t11-,14+/m1/s1. The van der Waals surface area contributed by atoms with Crippen LogP contribution in [0, 0.1) is 5.82 Å². The van der Waals surface area contributed by atoms with E-state index < -0.39 is 24.1 Å². The van der Waals surface area contributed by atoms with Crippen molar-refractivity contribution < 1.29 is 18.7 Å². The molecule has 2 rings (SSSR count).